The molecule has 0 radical (unpaired) electrons. The maximum Gasteiger partial charge on any atom is 0.237 e. The maximum absolute atomic E-state index is 12.6. The Kier molecular flexibility index (Phi) is 4.44. The molecule has 0 aliphatic carbocycles. The molecule has 2 aromatic heterocycles. The van der Waals surface area contributed by atoms with Crippen molar-refractivity contribution in [3.8, 4) is 0 Å². The van der Waals surface area contributed by atoms with Crippen LogP contribution in [0.15, 0.2) is 36.0 Å². The van der Waals surface area contributed by atoms with Crippen molar-refractivity contribution in [3.63, 3.8) is 0 Å². The first-order valence-electron chi connectivity index (χ1n) is 8.38. The number of amides is 1. The number of piperazine rings is 1. The minimum Gasteiger partial charge on any atom is -0.338 e. The summed E-state index contributed by atoms with van der Waals surface area (Å²) in [4.78, 5) is 29.0. The molecule has 126 valence electrons. The van der Waals surface area contributed by atoms with Crippen molar-refractivity contribution >= 4 is 23.2 Å². The average molecular weight is 343 g/mol. The summed E-state index contributed by atoms with van der Waals surface area (Å²) in [6, 6.07) is 6.32. The predicted molar refractivity (Wildman–Crippen MR) is 94.1 cm³/mol. The molecule has 0 aromatic carbocycles. The van der Waals surface area contributed by atoms with Gasteiger partial charge in [0.1, 0.15) is 0 Å². The lowest BCUT2D eigenvalue weighted by Gasteiger charge is -2.42. The number of rotatable bonds is 4. The van der Waals surface area contributed by atoms with Crippen LogP contribution in [0.2, 0.25) is 0 Å². The Bertz CT molecular complexity index is 670. The zero-order valence-electron chi connectivity index (χ0n) is 13.5. The van der Waals surface area contributed by atoms with Gasteiger partial charge in [0.05, 0.1) is 12.6 Å². The molecule has 2 fully saturated rings. The zero-order chi connectivity index (χ0) is 16.4. The van der Waals surface area contributed by atoms with E-state index in [1.54, 1.807) is 23.7 Å². The van der Waals surface area contributed by atoms with Gasteiger partial charge in [-0.05, 0) is 23.9 Å². The van der Waals surface area contributed by atoms with Crippen molar-refractivity contribution in [2.75, 3.05) is 44.2 Å². The molecule has 0 spiro atoms. The van der Waals surface area contributed by atoms with Gasteiger partial charge in [-0.2, -0.15) is 0 Å². The molecule has 1 amide bonds. The van der Waals surface area contributed by atoms with Gasteiger partial charge in [-0.3, -0.25) is 9.69 Å². The minimum absolute atomic E-state index is 0.254. The van der Waals surface area contributed by atoms with Gasteiger partial charge in [0.25, 0.3) is 0 Å². The Morgan fingerprint density at radius 3 is 2.54 bits per heavy atom. The molecule has 6 nitrogen and oxygen atoms in total. The number of aromatic nitrogens is 2. The highest BCUT2D eigenvalue weighted by Crippen LogP contribution is 2.35. The average Bonchev–Trinajstić information content (AvgIpc) is 3.09. The van der Waals surface area contributed by atoms with Crippen molar-refractivity contribution in [1.29, 1.82) is 0 Å². The van der Waals surface area contributed by atoms with E-state index in [2.05, 4.69) is 37.3 Å². The van der Waals surface area contributed by atoms with Crippen LogP contribution in [0.5, 0.6) is 0 Å². The van der Waals surface area contributed by atoms with Crippen LogP contribution < -0.4 is 4.90 Å². The monoisotopic (exact) mass is 343 g/mol. The topological polar surface area (TPSA) is 52.6 Å². The van der Waals surface area contributed by atoms with Crippen LogP contribution in [-0.2, 0) is 4.79 Å². The van der Waals surface area contributed by atoms with E-state index in [0.29, 0.717) is 12.6 Å². The molecule has 4 rings (SSSR count). The summed E-state index contributed by atoms with van der Waals surface area (Å²) in [5.74, 6) is 1.04. The first kappa shape index (κ1) is 15.5. The molecule has 4 heterocycles. The lowest BCUT2D eigenvalue weighted by molar-refractivity contribution is -0.140. The molecular formula is C17H21N5OS. The molecule has 0 saturated carbocycles. The van der Waals surface area contributed by atoms with Gasteiger partial charge in [-0.1, -0.05) is 6.07 Å². The summed E-state index contributed by atoms with van der Waals surface area (Å²) >= 11 is 1.74. The van der Waals surface area contributed by atoms with E-state index in [9.17, 15) is 4.79 Å². The van der Waals surface area contributed by atoms with Crippen LogP contribution in [0.1, 0.15) is 17.3 Å². The summed E-state index contributed by atoms with van der Waals surface area (Å²) in [5.41, 5.74) is 0. The van der Waals surface area contributed by atoms with Gasteiger partial charge >= 0.3 is 0 Å². The number of carbonyl (C=O) groups is 1. The fraction of sp³-hybridized carbons (Fsp3) is 0.471. The molecule has 24 heavy (non-hydrogen) atoms. The highest BCUT2D eigenvalue weighted by molar-refractivity contribution is 7.10. The fourth-order valence-corrected chi connectivity index (χ4v) is 4.18. The number of thiophene rings is 1. The number of anilines is 1. The van der Waals surface area contributed by atoms with Crippen molar-refractivity contribution in [2.24, 2.45) is 0 Å². The molecule has 0 unspecified atom stereocenters. The van der Waals surface area contributed by atoms with E-state index in [1.165, 1.54) is 4.88 Å². The third-order valence-corrected chi connectivity index (χ3v) is 5.75. The summed E-state index contributed by atoms with van der Waals surface area (Å²) < 4.78 is 0. The quantitative estimate of drug-likeness (QED) is 0.845. The molecule has 0 bridgehead atoms. The van der Waals surface area contributed by atoms with Crippen molar-refractivity contribution in [3.05, 3.63) is 40.8 Å². The van der Waals surface area contributed by atoms with Gasteiger partial charge in [0.15, 0.2) is 0 Å². The van der Waals surface area contributed by atoms with E-state index < -0.39 is 0 Å². The minimum atomic E-state index is 0.254. The molecule has 2 aromatic rings. The first-order valence-corrected chi connectivity index (χ1v) is 9.26. The van der Waals surface area contributed by atoms with Gasteiger partial charge in [0, 0.05) is 50.0 Å². The van der Waals surface area contributed by atoms with Gasteiger partial charge in [-0.25, -0.2) is 9.97 Å². The molecule has 1 atom stereocenters. The maximum atomic E-state index is 12.6. The number of carbonyl (C=O) groups excluding carboxylic acids is 1. The number of hydrogen-bond donors (Lipinski definition) is 0. The Morgan fingerprint density at radius 2 is 1.92 bits per heavy atom. The van der Waals surface area contributed by atoms with Crippen LogP contribution in [0.25, 0.3) is 0 Å². The molecule has 2 aliphatic heterocycles. The molecular weight excluding hydrogens is 322 g/mol. The standard InChI is InChI=1S/C17H21N5OS/c23-16(22-7-4-14(22)15-3-1-12-24-15)13-20-8-10-21(11-9-20)17-18-5-2-6-19-17/h1-3,5-6,12,14H,4,7-11,13H2/t14-/m0/s1. The second-order valence-corrected chi connectivity index (χ2v) is 7.20. The summed E-state index contributed by atoms with van der Waals surface area (Å²) in [6.45, 7) is 4.89. The van der Waals surface area contributed by atoms with Crippen LogP contribution >= 0.6 is 11.3 Å². The smallest absolute Gasteiger partial charge is 0.237 e. The van der Waals surface area contributed by atoms with E-state index in [0.717, 1.165) is 45.1 Å². The van der Waals surface area contributed by atoms with Crippen molar-refractivity contribution in [2.45, 2.75) is 12.5 Å². The lowest BCUT2D eigenvalue weighted by atomic mass is 10.0. The van der Waals surface area contributed by atoms with E-state index >= 15 is 0 Å². The second kappa shape index (κ2) is 6.86. The Labute approximate surface area is 145 Å². The Balaban J connectivity index is 1.29. The van der Waals surface area contributed by atoms with Crippen molar-refractivity contribution < 1.29 is 4.79 Å². The van der Waals surface area contributed by atoms with Crippen LogP contribution in [0.4, 0.5) is 5.95 Å². The van der Waals surface area contributed by atoms with Crippen LogP contribution in [-0.4, -0.2) is 64.9 Å². The SMILES string of the molecule is O=C(CN1CCN(c2ncccn2)CC1)N1CC[C@H]1c1cccs1. The van der Waals surface area contributed by atoms with E-state index in [4.69, 9.17) is 0 Å². The second-order valence-electron chi connectivity index (χ2n) is 6.22. The van der Waals surface area contributed by atoms with Crippen LogP contribution in [0, 0.1) is 0 Å². The molecule has 2 aliphatic rings. The fourth-order valence-electron chi connectivity index (χ4n) is 3.31. The zero-order valence-corrected chi connectivity index (χ0v) is 14.4. The van der Waals surface area contributed by atoms with E-state index in [-0.39, 0.29) is 5.91 Å². The highest BCUT2D eigenvalue weighted by atomic mass is 32.1. The number of hydrogen-bond acceptors (Lipinski definition) is 6. The predicted octanol–water partition coefficient (Wildman–Crippen LogP) is 1.63. The van der Waals surface area contributed by atoms with Gasteiger partial charge < -0.3 is 9.80 Å². The van der Waals surface area contributed by atoms with Crippen LogP contribution in [0.3, 0.4) is 0 Å². The van der Waals surface area contributed by atoms with Gasteiger partial charge in [0.2, 0.25) is 11.9 Å². The summed E-state index contributed by atoms with van der Waals surface area (Å²) in [7, 11) is 0. The lowest BCUT2D eigenvalue weighted by Crippen LogP contribution is -2.53. The third kappa shape index (κ3) is 3.14. The first-order chi connectivity index (χ1) is 11.8. The Morgan fingerprint density at radius 1 is 1.12 bits per heavy atom. The van der Waals surface area contributed by atoms with E-state index in [1.807, 2.05) is 11.0 Å². The Hall–Kier alpha value is -1.99. The molecule has 7 heteroatoms. The number of likely N-dealkylation sites (tertiary alicyclic amines) is 1. The molecule has 2 saturated heterocycles. The molecule has 0 N–H and O–H groups in total. The van der Waals surface area contributed by atoms with Crippen molar-refractivity contribution in [1.82, 2.24) is 19.8 Å². The largest absolute Gasteiger partial charge is 0.338 e. The summed E-state index contributed by atoms with van der Waals surface area (Å²) in [5, 5.41) is 2.08. The normalized spacial score (nSPS) is 21.6. The van der Waals surface area contributed by atoms with Gasteiger partial charge in [-0.15, -0.1) is 11.3 Å². The third-order valence-electron chi connectivity index (χ3n) is 4.78. The highest BCUT2D eigenvalue weighted by Gasteiger charge is 2.34. The summed E-state index contributed by atoms with van der Waals surface area (Å²) in [6.07, 6.45) is 4.63. The number of nitrogens with zero attached hydrogens (tertiary/aromatic N) is 5.